The number of hydrogen-bond donors (Lipinski definition) is 0. The Labute approximate surface area is 101 Å². The van der Waals surface area contributed by atoms with Gasteiger partial charge in [-0.3, -0.25) is 4.79 Å². The molecule has 0 aromatic rings. The maximum atomic E-state index is 11.3. The molecule has 5 heteroatoms. The first-order chi connectivity index (χ1) is 7.81. The van der Waals surface area contributed by atoms with Crippen LogP contribution >= 0.6 is 0 Å². The molecule has 98 valence electrons. The summed E-state index contributed by atoms with van der Waals surface area (Å²) in [4.78, 5) is 22.4. The van der Waals surface area contributed by atoms with Crippen LogP contribution in [0.1, 0.15) is 33.6 Å². The van der Waals surface area contributed by atoms with Crippen molar-refractivity contribution in [3.63, 3.8) is 0 Å². The second kappa shape index (κ2) is 5.49. The van der Waals surface area contributed by atoms with Gasteiger partial charge in [0.15, 0.2) is 0 Å². The maximum absolute atomic E-state index is 11.3. The number of carbonyl (C=O) groups excluding carboxylic acids is 2. The highest BCUT2D eigenvalue weighted by Crippen LogP contribution is 2.30. The van der Waals surface area contributed by atoms with Gasteiger partial charge < -0.3 is 14.2 Å². The number of esters is 2. The van der Waals surface area contributed by atoms with Crippen molar-refractivity contribution >= 4 is 11.9 Å². The Morgan fingerprint density at radius 2 is 1.82 bits per heavy atom. The first-order valence-corrected chi connectivity index (χ1v) is 5.73. The molecule has 0 saturated heterocycles. The normalized spacial score (nSPS) is 23.8. The van der Waals surface area contributed by atoms with E-state index in [9.17, 15) is 9.59 Å². The molecule has 1 fully saturated rings. The molecule has 0 aromatic heterocycles. The van der Waals surface area contributed by atoms with Crippen LogP contribution in [0, 0.1) is 5.92 Å². The minimum atomic E-state index is -0.491. The van der Waals surface area contributed by atoms with Gasteiger partial charge in [0.25, 0.3) is 0 Å². The standard InChI is InChI=1S/C12H20O5/c1-12(2,3)17-10(13)7-16-9-5-8(6-9)11(14)15-4/h8-9H,5-7H2,1-4H3. The van der Waals surface area contributed by atoms with E-state index in [1.54, 1.807) is 0 Å². The van der Waals surface area contributed by atoms with Gasteiger partial charge in [-0.1, -0.05) is 0 Å². The zero-order chi connectivity index (χ0) is 13.1. The smallest absolute Gasteiger partial charge is 0.332 e. The van der Waals surface area contributed by atoms with Gasteiger partial charge in [0, 0.05) is 0 Å². The number of ether oxygens (including phenoxy) is 3. The van der Waals surface area contributed by atoms with Crippen molar-refractivity contribution in [1.82, 2.24) is 0 Å². The maximum Gasteiger partial charge on any atom is 0.332 e. The van der Waals surface area contributed by atoms with Gasteiger partial charge >= 0.3 is 11.9 Å². The first-order valence-electron chi connectivity index (χ1n) is 5.73. The van der Waals surface area contributed by atoms with Crippen molar-refractivity contribution in [3.8, 4) is 0 Å². The van der Waals surface area contributed by atoms with E-state index in [0.717, 1.165) is 0 Å². The fraction of sp³-hybridized carbons (Fsp3) is 0.833. The average molecular weight is 244 g/mol. The van der Waals surface area contributed by atoms with Crippen LogP contribution in [-0.2, 0) is 23.8 Å². The van der Waals surface area contributed by atoms with Crippen molar-refractivity contribution in [3.05, 3.63) is 0 Å². The zero-order valence-corrected chi connectivity index (χ0v) is 10.8. The Balaban J connectivity index is 2.14. The Morgan fingerprint density at radius 3 is 2.29 bits per heavy atom. The summed E-state index contributed by atoms with van der Waals surface area (Å²) in [6.45, 7) is 5.36. The second-order valence-electron chi connectivity index (χ2n) is 5.21. The third-order valence-corrected chi connectivity index (χ3v) is 2.49. The first kappa shape index (κ1) is 14.0. The van der Waals surface area contributed by atoms with Gasteiger partial charge in [0.1, 0.15) is 12.2 Å². The van der Waals surface area contributed by atoms with Crippen LogP contribution in [0.4, 0.5) is 0 Å². The van der Waals surface area contributed by atoms with Gasteiger partial charge in [0.05, 0.1) is 19.1 Å². The minimum Gasteiger partial charge on any atom is -0.469 e. The van der Waals surface area contributed by atoms with E-state index in [4.69, 9.17) is 9.47 Å². The van der Waals surface area contributed by atoms with Crippen molar-refractivity contribution in [1.29, 1.82) is 0 Å². The van der Waals surface area contributed by atoms with E-state index in [2.05, 4.69) is 4.74 Å². The highest BCUT2D eigenvalue weighted by Gasteiger charge is 2.36. The SMILES string of the molecule is COC(=O)C1CC(OCC(=O)OC(C)(C)C)C1. The molecule has 0 unspecified atom stereocenters. The molecule has 0 bridgehead atoms. The predicted molar refractivity (Wildman–Crippen MR) is 60.3 cm³/mol. The van der Waals surface area contributed by atoms with E-state index in [-0.39, 0.29) is 30.6 Å². The topological polar surface area (TPSA) is 61.8 Å². The monoisotopic (exact) mass is 244 g/mol. The molecule has 0 N–H and O–H groups in total. The molecule has 1 aliphatic carbocycles. The predicted octanol–water partition coefficient (Wildman–Crippen LogP) is 1.30. The highest BCUT2D eigenvalue weighted by atomic mass is 16.6. The summed E-state index contributed by atoms with van der Waals surface area (Å²) in [5.74, 6) is -0.662. The fourth-order valence-corrected chi connectivity index (χ4v) is 1.62. The van der Waals surface area contributed by atoms with E-state index < -0.39 is 5.60 Å². The number of rotatable bonds is 4. The third kappa shape index (κ3) is 4.73. The van der Waals surface area contributed by atoms with E-state index >= 15 is 0 Å². The molecule has 1 rings (SSSR count). The lowest BCUT2D eigenvalue weighted by atomic mass is 9.82. The van der Waals surface area contributed by atoms with Gasteiger partial charge in [-0.25, -0.2) is 4.79 Å². The fourth-order valence-electron chi connectivity index (χ4n) is 1.62. The molecule has 5 nitrogen and oxygen atoms in total. The number of methoxy groups -OCH3 is 1. The second-order valence-corrected chi connectivity index (χ2v) is 5.21. The minimum absolute atomic E-state index is 0.0355. The Hall–Kier alpha value is -1.10. The Morgan fingerprint density at radius 1 is 1.24 bits per heavy atom. The molecule has 1 saturated carbocycles. The molecule has 0 aliphatic heterocycles. The van der Waals surface area contributed by atoms with Crippen LogP contribution < -0.4 is 0 Å². The van der Waals surface area contributed by atoms with Crippen molar-refractivity contribution in [2.45, 2.75) is 45.3 Å². The van der Waals surface area contributed by atoms with Gasteiger partial charge in [-0.2, -0.15) is 0 Å². The van der Waals surface area contributed by atoms with E-state index in [0.29, 0.717) is 12.8 Å². The van der Waals surface area contributed by atoms with Crippen LogP contribution in [0.3, 0.4) is 0 Å². The summed E-state index contributed by atoms with van der Waals surface area (Å²) in [7, 11) is 1.37. The average Bonchev–Trinajstić information content (AvgIpc) is 2.11. The summed E-state index contributed by atoms with van der Waals surface area (Å²) in [5.41, 5.74) is -0.491. The van der Waals surface area contributed by atoms with E-state index in [1.807, 2.05) is 20.8 Å². The van der Waals surface area contributed by atoms with Crippen molar-refractivity contribution in [2.24, 2.45) is 5.92 Å². The molecule has 1 aliphatic rings. The van der Waals surface area contributed by atoms with Crippen molar-refractivity contribution < 1.29 is 23.8 Å². The highest BCUT2D eigenvalue weighted by molar-refractivity contribution is 5.73. The molecular formula is C12H20O5. The number of carbonyl (C=O) groups is 2. The molecular weight excluding hydrogens is 224 g/mol. The third-order valence-electron chi connectivity index (χ3n) is 2.49. The molecule has 0 atom stereocenters. The lowest BCUT2D eigenvalue weighted by Crippen LogP contribution is -2.38. The molecule has 0 amide bonds. The number of hydrogen-bond acceptors (Lipinski definition) is 5. The Kier molecular flexibility index (Phi) is 4.51. The summed E-state index contributed by atoms with van der Waals surface area (Å²) >= 11 is 0. The van der Waals surface area contributed by atoms with Gasteiger partial charge in [0.2, 0.25) is 0 Å². The Bertz CT molecular complexity index is 286. The molecule has 17 heavy (non-hydrogen) atoms. The van der Waals surface area contributed by atoms with Crippen molar-refractivity contribution in [2.75, 3.05) is 13.7 Å². The zero-order valence-electron chi connectivity index (χ0n) is 10.8. The summed E-state index contributed by atoms with van der Waals surface area (Å²) in [6, 6.07) is 0. The van der Waals surface area contributed by atoms with Crippen LogP contribution in [0.2, 0.25) is 0 Å². The molecule has 0 spiro atoms. The summed E-state index contributed by atoms with van der Waals surface area (Å²) in [5, 5.41) is 0. The van der Waals surface area contributed by atoms with Gasteiger partial charge in [-0.15, -0.1) is 0 Å². The lowest BCUT2D eigenvalue weighted by Gasteiger charge is -2.32. The van der Waals surface area contributed by atoms with Crippen LogP contribution in [-0.4, -0.2) is 37.4 Å². The lowest BCUT2D eigenvalue weighted by molar-refractivity contribution is -0.168. The van der Waals surface area contributed by atoms with E-state index in [1.165, 1.54) is 7.11 Å². The van der Waals surface area contributed by atoms with Crippen LogP contribution in [0.5, 0.6) is 0 Å². The molecule has 0 aromatic carbocycles. The summed E-state index contributed by atoms with van der Waals surface area (Å²) < 4.78 is 15.0. The summed E-state index contributed by atoms with van der Waals surface area (Å²) in [6.07, 6.45) is 1.21. The largest absolute Gasteiger partial charge is 0.469 e. The van der Waals surface area contributed by atoms with Crippen LogP contribution in [0.15, 0.2) is 0 Å². The van der Waals surface area contributed by atoms with Crippen LogP contribution in [0.25, 0.3) is 0 Å². The van der Waals surface area contributed by atoms with Gasteiger partial charge in [-0.05, 0) is 33.6 Å². The molecule has 0 heterocycles. The molecule has 0 radical (unpaired) electrons. The quantitative estimate of drug-likeness (QED) is 0.697.